The molecule has 0 saturated carbocycles. The predicted octanol–water partition coefficient (Wildman–Crippen LogP) is -2.77. The summed E-state index contributed by atoms with van der Waals surface area (Å²) < 4.78 is 102. The number of hydrogen-bond acceptors (Lipinski definition) is 22. The van der Waals surface area contributed by atoms with Crippen molar-refractivity contribution in [2.75, 3.05) is 62.2 Å². The summed E-state index contributed by atoms with van der Waals surface area (Å²) in [7, 11) is 7.14. The first-order valence-corrected chi connectivity index (χ1v) is 19.9. The molecule has 23 atom stereocenters. The molecule has 7 fully saturated rings. The topological polar surface area (TPSA) is 258 Å². The van der Waals surface area contributed by atoms with E-state index in [1.165, 1.54) is 42.5 Å². The van der Waals surface area contributed by atoms with Gasteiger partial charge in [0.2, 0.25) is 0 Å². The molecular weight excluding hydrogens is 796 g/mol. The van der Waals surface area contributed by atoms with E-state index in [2.05, 4.69) is 0 Å². The highest BCUT2D eigenvalue weighted by Gasteiger charge is 2.70. The van der Waals surface area contributed by atoms with Gasteiger partial charge in [0.15, 0.2) is 31.3 Å². The molecule has 0 radical (unpaired) electrons. The van der Waals surface area contributed by atoms with Crippen LogP contribution in [-0.4, -0.2) is 228 Å². The SMILES string of the molecule is COCC1OC(OC2OCC3OC4(OCC(O)(C(C)OC)C5OCOC54)OC3C2OC)C(OC)C(O)C1OC1OC(C)C(OC)C(OC2CC(C)(O)C(O)C(C)O2)C1O. The van der Waals surface area contributed by atoms with Crippen LogP contribution in [0.3, 0.4) is 0 Å². The molecule has 5 N–H and O–H groups in total. The highest BCUT2D eigenvalue weighted by atomic mass is 16.9. The highest BCUT2D eigenvalue weighted by Crippen LogP contribution is 2.48. The fourth-order valence-corrected chi connectivity index (χ4v) is 9.14. The molecule has 7 heterocycles. The van der Waals surface area contributed by atoms with Gasteiger partial charge in [-0.1, -0.05) is 0 Å². The smallest absolute Gasteiger partial charge is 0.314 e. The predicted molar refractivity (Wildman–Crippen MR) is 190 cm³/mol. The summed E-state index contributed by atoms with van der Waals surface area (Å²) in [6.45, 7) is 5.96. The number of rotatable bonds is 13. The molecule has 22 nitrogen and oxygen atoms in total. The van der Waals surface area contributed by atoms with Crippen LogP contribution in [0, 0.1) is 0 Å². The Bertz CT molecular complexity index is 1380. The van der Waals surface area contributed by atoms with Crippen LogP contribution in [0.1, 0.15) is 34.1 Å². The van der Waals surface area contributed by atoms with E-state index in [-0.39, 0.29) is 33.0 Å². The number of aliphatic hydroxyl groups excluding tert-OH is 3. The van der Waals surface area contributed by atoms with Crippen LogP contribution in [0.25, 0.3) is 0 Å². The lowest BCUT2D eigenvalue weighted by molar-refractivity contribution is -0.422. The molecule has 22 heteroatoms. The van der Waals surface area contributed by atoms with Gasteiger partial charge in [-0.25, -0.2) is 0 Å². The van der Waals surface area contributed by atoms with Gasteiger partial charge in [-0.05, 0) is 27.7 Å². The average Bonchev–Trinajstić information content (AvgIpc) is 3.86. The van der Waals surface area contributed by atoms with Crippen molar-refractivity contribution in [1.82, 2.24) is 0 Å². The van der Waals surface area contributed by atoms with E-state index < -0.39 is 140 Å². The Labute approximate surface area is 342 Å². The molecule has 7 aliphatic rings. The fourth-order valence-electron chi connectivity index (χ4n) is 9.14. The zero-order chi connectivity index (χ0) is 42.6. The average molecular weight is 859 g/mol. The number of aliphatic hydroxyl groups is 5. The van der Waals surface area contributed by atoms with Crippen LogP contribution < -0.4 is 0 Å². The number of ether oxygens (including phenoxy) is 17. The van der Waals surface area contributed by atoms with Crippen molar-refractivity contribution in [3.63, 3.8) is 0 Å². The molecule has 1 spiro atoms. The van der Waals surface area contributed by atoms with Crippen molar-refractivity contribution >= 4 is 0 Å². The molecule has 0 bridgehead atoms. The van der Waals surface area contributed by atoms with Gasteiger partial charge in [-0.3, -0.25) is 0 Å². The summed E-state index contributed by atoms with van der Waals surface area (Å²) in [5, 5.41) is 56.2. The molecule has 7 aliphatic heterocycles. The quantitative estimate of drug-likeness (QED) is 0.126. The Hall–Kier alpha value is -0.880. The van der Waals surface area contributed by atoms with Crippen LogP contribution in [0.2, 0.25) is 0 Å². The Morgan fingerprint density at radius 2 is 1.42 bits per heavy atom. The van der Waals surface area contributed by atoms with Crippen LogP contribution in [0.15, 0.2) is 0 Å². The minimum absolute atomic E-state index is 0.0405. The zero-order valence-corrected chi connectivity index (χ0v) is 34.8. The molecule has 0 aromatic heterocycles. The van der Waals surface area contributed by atoms with Crippen LogP contribution in [-0.2, 0) is 80.5 Å². The van der Waals surface area contributed by atoms with Gasteiger partial charge >= 0.3 is 5.97 Å². The van der Waals surface area contributed by atoms with E-state index in [9.17, 15) is 25.5 Å². The second-order valence-corrected chi connectivity index (χ2v) is 16.4. The van der Waals surface area contributed by atoms with Crippen LogP contribution in [0.5, 0.6) is 0 Å². The number of fused-ring (bicyclic) bond motifs is 3. The molecule has 59 heavy (non-hydrogen) atoms. The summed E-state index contributed by atoms with van der Waals surface area (Å²) in [6, 6.07) is 0. The van der Waals surface area contributed by atoms with E-state index in [0.29, 0.717) is 0 Å². The van der Waals surface area contributed by atoms with Crippen molar-refractivity contribution in [1.29, 1.82) is 0 Å². The highest BCUT2D eigenvalue weighted by molar-refractivity contribution is 5.08. The lowest BCUT2D eigenvalue weighted by Crippen LogP contribution is -2.69. The summed E-state index contributed by atoms with van der Waals surface area (Å²) in [4.78, 5) is 0. The second kappa shape index (κ2) is 18.3. The molecule has 7 rings (SSSR count). The van der Waals surface area contributed by atoms with Crippen LogP contribution in [0.4, 0.5) is 0 Å². The monoisotopic (exact) mass is 858 g/mol. The summed E-state index contributed by atoms with van der Waals surface area (Å²) in [5.41, 5.74) is -3.08. The molecule has 0 amide bonds. The second-order valence-electron chi connectivity index (χ2n) is 16.4. The van der Waals surface area contributed by atoms with Gasteiger partial charge in [0, 0.05) is 42.0 Å². The molecular formula is C37H62O22. The van der Waals surface area contributed by atoms with E-state index in [4.69, 9.17) is 80.5 Å². The van der Waals surface area contributed by atoms with Gasteiger partial charge in [0.05, 0.1) is 43.7 Å². The normalized spacial score (nSPS) is 53.3. The third-order valence-electron chi connectivity index (χ3n) is 12.6. The van der Waals surface area contributed by atoms with E-state index >= 15 is 0 Å². The Kier molecular flexibility index (Phi) is 14.3. The summed E-state index contributed by atoms with van der Waals surface area (Å²) in [5.74, 6) is -1.77. The van der Waals surface area contributed by atoms with Crippen molar-refractivity contribution in [3.8, 4) is 0 Å². The summed E-state index contributed by atoms with van der Waals surface area (Å²) >= 11 is 0. The van der Waals surface area contributed by atoms with Gasteiger partial charge in [0.25, 0.3) is 0 Å². The Morgan fingerprint density at radius 3 is 2.08 bits per heavy atom. The van der Waals surface area contributed by atoms with Crippen molar-refractivity contribution in [3.05, 3.63) is 0 Å². The van der Waals surface area contributed by atoms with E-state index in [0.717, 1.165) is 0 Å². The molecule has 7 saturated heterocycles. The maximum Gasteiger partial charge on any atom is 0.314 e. The molecule has 0 aromatic rings. The Balaban J connectivity index is 1.03. The van der Waals surface area contributed by atoms with Crippen molar-refractivity contribution in [2.45, 2.75) is 174 Å². The fraction of sp³-hybridized carbons (Fsp3) is 1.00. The zero-order valence-electron chi connectivity index (χ0n) is 34.8. The minimum atomic E-state index is -1.77. The van der Waals surface area contributed by atoms with Gasteiger partial charge in [-0.15, -0.1) is 0 Å². The molecule has 23 unspecified atom stereocenters. The standard InChI is InChI=1S/C37H62O22/c1-15-23(45-7)26(55-20-10-35(4,41)29(40)16(2)52-20)22(39)32(53-15)56-24-18(11-43-5)54-34(27(46-8)21(24)38)57-33-28(47-9)25-19(12-48-33)58-37(59-25)31-30(49-14-50-31)36(42,13-51-37)17(3)44-6/h15-34,38-42H,10-14H2,1-9H3. The number of methoxy groups -OCH3 is 5. The third-order valence-corrected chi connectivity index (χ3v) is 12.6. The lowest BCUT2D eigenvalue weighted by atomic mass is 9.85. The van der Waals surface area contributed by atoms with Gasteiger partial charge < -0.3 is 106 Å². The molecule has 0 aromatic carbocycles. The first-order valence-electron chi connectivity index (χ1n) is 19.9. The van der Waals surface area contributed by atoms with Gasteiger partial charge in [-0.2, -0.15) is 0 Å². The third kappa shape index (κ3) is 8.47. The maximum atomic E-state index is 11.9. The molecule has 0 aliphatic carbocycles. The first kappa shape index (κ1) is 46.1. The number of hydrogen-bond donors (Lipinski definition) is 5. The van der Waals surface area contributed by atoms with Crippen molar-refractivity contribution < 1.29 is 106 Å². The largest absolute Gasteiger partial charge is 0.387 e. The van der Waals surface area contributed by atoms with E-state index in [1.807, 2.05) is 0 Å². The first-order chi connectivity index (χ1) is 28.1. The van der Waals surface area contributed by atoms with Crippen molar-refractivity contribution in [2.24, 2.45) is 0 Å². The van der Waals surface area contributed by atoms with Crippen LogP contribution >= 0.6 is 0 Å². The maximum absolute atomic E-state index is 11.9. The minimum Gasteiger partial charge on any atom is -0.387 e. The summed E-state index contributed by atoms with van der Waals surface area (Å²) in [6.07, 6.45) is -20.8. The van der Waals surface area contributed by atoms with Gasteiger partial charge in [0.1, 0.15) is 85.6 Å². The lowest BCUT2D eigenvalue weighted by Gasteiger charge is -2.49. The van der Waals surface area contributed by atoms with E-state index in [1.54, 1.807) is 20.8 Å². The molecule has 342 valence electrons. The Morgan fingerprint density at radius 1 is 0.712 bits per heavy atom.